The molecule has 0 saturated carbocycles. The number of nitrogens with zero attached hydrogens (tertiary/aromatic N) is 2. The van der Waals surface area contributed by atoms with Gasteiger partial charge < -0.3 is 14.1 Å². The van der Waals surface area contributed by atoms with Crippen LogP contribution in [0.2, 0.25) is 0 Å². The van der Waals surface area contributed by atoms with E-state index >= 15 is 0 Å². The van der Waals surface area contributed by atoms with E-state index in [0.29, 0.717) is 13.1 Å². The van der Waals surface area contributed by atoms with Crippen LogP contribution in [0, 0.1) is 13.8 Å². The van der Waals surface area contributed by atoms with Gasteiger partial charge in [-0.25, -0.2) is 4.98 Å². The van der Waals surface area contributed by atoms with E-state index in [2.05, 4.69) is 11.9 Å². The summed E-state index contributed by atoms with van der Waals surface area (Å²) in [5.41, 5.74) is 4.10. The van der Waals surface area contributed by atoms with Gasteiger partial charge in [0.2, 0.25) is 0 Å². The highest BCUT2D eigenvalue weighted by Crippen LogP contribution is 2.30. The molecule has 0 spiro atoms. The minimum absolute atomic E-state index is 0.0363. The van der Waals surface area contributed by atoms with E-state index in [1.54, 1.807) is 0 Å². The number of ether oxygens (including phenoxy) is 1. The molecule has 1 fully saturated rings. The van der Waals surface area contributed by atoms with E-state index in [4.69, 9.17) is 9.15 Å². The Kier molecular flexibility index (Phi) is 5.07. The first-order valence-electron chi connectivity index (χ1n) is 9.89. The fourth-order valence-electron chi connectivity index (χ4n) is 3.71. The Balaban J connectivity index is 1.35. The van der Waals surface area contributed by atoms with Gasteiger partial charge in [-0.1, -0.05) is 18.2 Å². The lowest BCUT2D eigenvalue weighted by Crippen LogP contribution is -2.44. The summed E-state index contributed by atoms with van der Waals surface area (Å²) in [4.78, 5) is 19.3. The largest absolute Gasteiger partial charge is 0.481 e. The number of benzene rings is 2. The van der Waals surface area contributed by atoms with Gasteiger partial charge in [-0.05, 0) is 69.0 Å². The molecule has 4 rings (SSSR count). The number of piperidine rings is 1. The normalized spacial score (nSPS) is 16.3. The predicted octanol–water partition coefficient (Wildman–Crippen LogP) is 4.62. The van der Waals surface area contributed by atoms with Crippen molar-refractivity contribution in [1.82, 2.24) is 9.88 Å². The number of rotatable bonds is 4. The van der Waals surface area contributed by atoms with Gasteiger partial charge in [0.1, 0.15) is 11.3 Å². The number of fused-ring (bicyclic) bond motifs is 1. The fraction of sp³-hybridized carbons (Fsp3) is 0.391. The molecule has 1 amide bonds. The summed E-state index contributed by atoms with van der Waals surface area (Å²) in [7, 11) is 0. The van der Waals surface area contributed by atoms with Crippen molar-refractivity contribution in [2.45, 2.75) is 45.6 Å². The van der Waals surface area contributed by atoms with Crippen LogP contribution in [-0.4, -0.2) is 35.0 Å². The average Bonchev–Trinajstić information content (AvgIpc) is 3.14. The Morgan fingerprint density at radius 3 is 2.61 bits per heavy atom. The summed E-state index contributed by atoms with van der Waals surface area (Å²) in [5, 5.41) is 0. The quantitative estimate of drug-likeness (QED) is 0.665. The van der Waals surface area contributed by atoms with Crippen LogP contribution in [0.15, 0.2) is 46.9 Å². The molecule has 1 saturated heterocycles. The zero-order valence-corrected chi connectivity index (χ0v) is 16.6. The van der Waals surface area contributed by atoms with Gasteiger partial charge in [0, 0.05) is 19.0 Å². The zero-order valence-electron chi connectivity index (χ0n) is 16.6. The van der Waals surface area contributed by atoms with E-state index in [0.717, 1.165) is 41.1 Å². The van der Waals surface area contributed by atoms with Crippen molar-refractivity contribution in [3.63, 3.8) is 0 Å². The van der Waals surface area contributed by atoms with Crippen LogP contribution in [0.1, 0.15) is 42.7 Å². The SMILES string of the molecule is Cc1ccc(O[C@H](C)C(=O)N2CCC(c3nc4ccccc4o3)CC2)cc1C. The lowest BCUT2D eigenvalue weighted by atomic mass is 9.96. The highest BCUT2D eigenvalue weighted by Gasteiger charge is 2.29. The van der Waals surface area contributed by atoms with Crippen LogP contribution in [0.3, 0.4) is 0 Å². The molecule has 0 radical (unpaired) electrons. The summed E-state index contributed by atoms with van der Waals surface area (Å²) >= 11 is 0. The number of hydrogen-bond acceptors (Lipinski definition) is 4. The van der Waals surface area contributed by atoms with E-state index in [1.165, 1.54) is 5.56 Å². The summed E-state index contributed by atoms with van der Waals surface area (Å²) in [6, 6.07) is 13.8. The Morgan fingerprint density at radius 2 is 1.89 bits per heavy atom. The first kappa shape index (κ1) is 18.5. The minimum Gasteiger partial charge on any atom is -0.481 e. The molecule has 1 atom stereocenters. The lowest BCUT2D eigenvalue weighted by Gasteiger charge is -2.32. The van der Waals surface area contributed by atoms with Gasteiger partial charge in [-0.2, -0.15) is 0 Å². The molecule has 2 heterocycles. The Hall–Kier alpha value is -2.82. The molecule has 0 bridgehead atoms. The summed E-state index contributed by atoms with van der Waals surface area (Å²) < 4.78 is 11.8. The molecule has 5 nitrogen and oxygen atoms in total. The van der Waals surface area contributed by atoms with Gasteiger partial charge in [0.05, 0.1) is 0 Å². The van der Waals surface area contributed by atoms with Gasteiger partial charge >= 0.3 is 0 Å². The van der Waals surface area contributed by atoms with Gasteiger partial charge in [0.25, 0.3) is 5.91 Å². The van der Waals surface area contributed by atoms with Crippen molar-refractivity contribution < 1.29 is 13.9 Å². The maximum absolute atomic E-state index is 12.8. The molecule has 5 heteroatoms. The third kappa shape index (κ3) is 3.75. The van der Waals surface area contributed by atoms with E-state index in [1.807, 2.05) is 61.2 Å². The van der Waals surface area contributed by atoms with Crippen molar-refractivity contribution >= 4 is 17.0 Å². The van der Waals surface area contributed by atoms with Crippen LogP contribution in [0.4, 0.5) is 0 Å². The number of hydrogen-bond donors (Lipinski definition) is 0. The number of oxazole rings is 1. The van der Waals surface area contributed by atoms with Gasteiger partial charge in [0.15, 0.2) is 17.6 Å². The van der Waals surface area contributed by atoms with Crippen molar-refractivity contribution in [3.8, 4) is 5.75 Å². The molecule has 0 aliphatic carbocycles. The average molecular weight is 378 g/mol. The second kappa shape index (κ2) is 7.66. The highest BCUT2D eigenvalue weighted by atomic mass is 16.5. The van der Waals surface area contributed by atoms with Crippen LogP contribution < -0.4 is 4.74 Å². The van der Waals surface area contributed by atoms with E-state index < -0.39 is 6.10 Å². The summed E-state index contributed by atoms with van der Waals surface area (Å²) in [5.74, 6) is 1.82. The number of amides is 1. The Labute approximate surface area is 165 Å². The molecule has 3 aromatic rings. The maximum Gasteiger partial charge on any atom is 0.263 e. The summed E-state index contributed by atoms with van der Waals surface area (Å²) in [6.07, 6.45) is 1.21. The molecular weight excluding hydrogens is 352 g/mol. The van der Waals surface area contributed by atoms with Crippen LogP contribution in [0.5, 0.6) is 5.75 Å². The lowest BCUT2D eigenvalue weighted by molar-refractivity contribution is -0.139. The Bertz CT molecular complexity index is 953. The number of aromatic nitrogens is 1. The van der Waals surface area contributed by atoms with Crippen LogP contribution in [0.25, 0.3) is 11.1 Å². The van der Waals surface area contributed by atoms with Crippen molar-refractivity contribution in [2.24, 2.45) is 0 Å². The molecule has 2 aromatic carbocycles. The van der Waals surface area contributed by atoms with Gasteiger partial charge in [-0.15, -0.1) is 0 Å². The van der Waals surface area contributed by atoms with Crippen molar-refractivity contribution in [2.75, 3.05) is 13.1 Å². The fourth-order valence-corrected chi connectivity index (χ4v) is 3.71. The second-order valence-corrected chi connectivity index (χ2v) is 7.63. The monoisotopic (exact) mass is 378 g/mol. The minimum atomic E-state index is -0.497. The number of carbonyl (C=O) groups excluding carboxylic acids is 1. The molecule has 1 aliphatic heterocycles. The first-order valence-corrected chi connectivity index (χ1v) is 9.89. The molecule has 1 aliphatic rings. The second-order valence-electron chi connectivity index (χ2n) is 7.63. The topological polar surface area (TPSA) is 55.6 Å². The maximum atomic E-state index is 12.8. The molecular formula is C23H26N2O3. The Morgan fingerprint density at radius 1 is 1.14 bits per heavy atom. The molecule has 146 valence electrons. The van der Waals surface area contributed by atoms with Gasteiger partial charge in [-0.3, -0.25) is 4.79 Å². The highest BCUT2D eigenvalue weighted by molar-refractivity contribution is 5.81. The standard InChI is InChI=1S/C23H26N2O3/c1-15-8-9-19(14-16(15)2)27-17(3)23(26)25-12-10-18(11-13-25)22-24-20-6-4-5-7-21(20)28-22/h4-9,14,17-18H,10-13H2,1-3H3/t17-/m1/s1. The number of likely N-dealkylation sites (tertiary alicyclic amines) is 1. The van der Waals surface area contributed by atoms with E-state index in [-0.39, 0.29) is 11.8 Å². The zero-order chi connectivity index (χ0) is 19.7. The molecule has 0 N–H and O–H groups in total. The third-order valence-corrected chi connectivity index (χ3v) is 5.61. The smallest absolute Gasteiger partial charge is 0.263 e. The predicted molar refractivity (Wildman–Crippen MR) is 109 cm³/mol. The van der Waals surface area contributed by atoms with E-state index in [9.17, 15) is 4.79 Å². The number of carbonyl (C=O) groups is 1. The van der Waals surface area contributed by atoms with Crippen LogP contribution in [-0.2, 0) is 4.79 Å². The number of para-hydroxylation sites is 2. The van der Waals surface area contributed by atoms with Crippen LogP contribution >= 0.6 is 0 Å². The molecule has 1 aromatic heterocycles. The number of aryl methyl sites for hydroxylation is 2. The van der Waals surface area contributed by atoms with Crippen molar-refractivity contribution in [1.29, 1.82) is 0 Å². The molecule has 0 unspecified atom stereocenters. The molecule has 28 heavy (non-hydrogen) atoms. The van der Waals surface area contributed by atoms with Crippen molar-refractivity contribution in [3.05, 3.63) is 59.5 Å². The summed E-state index contributed by atoms with van der Waals surface area (Å²) in [6.45, 7) is 7.33. The third-order valence-electron chi connectivity index (χ3n) is 5.61. The first-order chi connectivity index (χ1) is 13.5.